The van der Waals surface area contributed by atoms with Gasteiger partial charge in [0.1, 0.15) is 0 Å². The summed E-state index contributed by atoms with van der Waals surface area (Å²) in [6.45, 7) is 12.1. The van der Waals surface area contributed by atoms with E-state index in [1.54, 1.807) is 0 Å². The first kappa shape index (κ1) is 14.1. The summed E-state index contributed by atoms with van der Waals surface area (Å²) in [5.74, 6) is 3.25. The molecule has 0 aromatic rings. The lowest BCUT2D eigenvalue weighted by Crippen LogP contribution is -2.29. The molecule has 0 aliphatic rings. The van der Waals surface area contributed by atoms with Crippen molar-refractivity contribution in [2.24, 2.45) is 5.92 Å². The molecule has 1 nitrogen and oxygen atoms in total. The van der Waals surface area contributed by atoms with Crippen LogP contribution in [0.15, 0.2) is 11.6 Å². The van der Waals surface area contributed by atoms with Gasteiger partial charge >= 0.3 is 0 Å². The molecule has 0 aliphatic heterocycles. The van der Waals surface area contributed by atoms with Crippen LogP contribution in [0.5, 0.6) is 0 Å². The van der Waals surface area contributed by atoms with Crippen LogP contribution in [-0.2, 0) is 0 Å². The fourth-order valence-electron chi connectivity index (χ4n) is 1.26. The lowest BCUT2D eigenvalue weighted by atomic mass is 10.2. The Kier molecular flexibility index (Phi) is 8.40. The van der Waals surface area contributed by atoms with Crippen molar-refractivity contribution in [3.63, 3.8) is 0 Å². The summed E-state index contributed by atoms with van der Waals surface area (Å²) in [4.78, 5) is 0. The molecule has 0 heterocycles. The van der Waals surface area contributed by atoms with Crippen molar-refractivity contribution in [2.45, 2.75) is 40.7 Å². The summed E-state index contributed by atoms with van der Waals surface area (Å²) < 4.78 is 0. The lowest BCUT2D eigenvalue weighted by molar-refractivity contribution is 0.663. The van der Waals surface area contributed by atoms with Crippen LogP contribution in [0, 0.1) is 5.92 Å². The van der Waals surface area contributed by atoms with Gasteiger partial charge in [-0.25, -0.2) is 0 Å². The second kappa shape index (κ2) is 8.37. The number of allylic oxidation sites excluding steroid dienone is 1. The Morgan fingerprint density at radius 3 is 2.36 bits per heavy atom. The Morgan fingerprint density at radius 2 is 1.93 bits per heavy atom. The molecule has 0 spiro atoms. The maximum atomic E-state index is 3.49. The van der Waals surface area contributed by atoms with Gasteiger partial charge in [-0.15, -0.1) is 0 Å². The minimum Gasteiger partial charge on any atom is -0.310 e. The zero-order chi connectivity index (χ0) is 11.0. The molecule has 0 saturated carbocycles. The zero-order valence-electron chi connectivity index (χ0n) is 10.3. The molecule has 0 bridgehead atoms. The van der Waals surface area contributed by atoms with Gasteiger partial charge in [-0.2, -0.15) is 11.8 Å². The molecule has 0 aromatic heterocycles. The summed E-state index contributed by atoms with van der Waals surface area (Å²) in [5, 5.41) is 3.49. The molecule has 14 heavy (non-hydrogen) atoms. The van der Waals surface area contributed by atoms with Gasteiger partial charge in [-0.1, -0.05) is 32.4 Å². The Balaban J connectivity index is 3.79. The molecule has 0 fully saturated rings. The van der Waals surface area contributed by atoms with E-state index >= 15 is 0 Å². The van der Waals surface area contributed by atoms with E-state index in [1.165, 1.54) is 17.1 Å². The van der Waals surface area contributed by atoms with Gasteiger partial charge in [0.25, 0.3) is 0 Å². The second-order valence-corrected chi connectivity index (χ2v) is 5.41. The van der Waals surface area contributed by atoms with E-state index in [4.69, 9.17) is 0 Å². The SMILES string of the molecule is CCNC(C=C(C)C)CSCC(C)C. The third kappa shape index (κ3) is 8.64. The van der Waals surface area contributed by atoms with Crippen LogP contribution in [-0.4, -0.2) is 24.1 Å². The van der Waals surface area contributed by atoms with Crippen molar-refractivity contribution in [3.05, 3.63) is 11.6 Å². The van der Waals surface area contributed by atoms with Crippen molar-refractivity contribution in [1.29, 1.82) is 0 Å². The van der Waals surface area contributed by atoms with Crippen LogP contribution in [0.3, 0.4) is 0 Å². The highest BCUT2D eigenvalue weighted by Crippen LogP contribution is 2.10. The molecule has 2 heteroatoms. The van der Waals surface area contributed by atoms with Crippen LogP contribution >= 0.6 is 11.8 Å². The highest BCUT2D eigenvalue weighted by Gasteiger charge is 2.04. The predicted octanol–water partition coefficient (Wildman–Crippen LogP) is 3.32. The van der Waals surface area contributed by atoms with Gasteiger partial charge in [-0.3, -0.25) is 0 Å². The largest absolute Gasteiger partial charge is 0.310 e. The fourth-order valence-corrected chi connectivity index (χ4v) is 2.34. The molecule has 0 saturated heterocycles. The van der Waals surface area contributed by atoms with Gasteiger partial charge in [0.2, 0.25) is 0 Å². The van der Waals surface area contributed by atoms with E-state index in [-0.39, 0.29) is 0 Å². The first-order valence-electron chi connectivity index (χ1n) is 5.52. The summed E-state index contributed by atoms with van der Waals surface area (Å²) in [5.41, 5.74) is 1.40. The molecular formula is C12H25NS. The van der Waals surface area contributed by atoms with E-state index < -0.39 is 0 Å². The fraction of sp³-hybridized carbons (Fsp3) is 0.833. The van der Waals surface area contributed by atoms with Crippen molar-refractivity contribution >= 4 is 11.8 Å². The average Bonchev–Trinajstić information content (AvgIpc) is 2.02. The van der Waals surface area contributed by atoms with E-state index in [0.717, 1.165) is 12.5 Å². The summed E-state index contributed by atoms with van der Waals surface area (Å²) in [6.07, 6.45) is 2.33. The molecular weight excluding hydrogens is 190 g/mol. The minimum absolute atomic E-state index is 0.550. The van der Waals surface area contributed by atoms with E-state index in [0.29, 0.717) is 6.04 Å². The number of thioether (sulfide) groups is 1. The van der Waals surface area contributed by atoms with Gasteiger partial charge in [0.15, 0.2) is 0 Å². The smallest absolute Gasteiger partial charge is 0.0343 e. The van der Waals surface area contributed by atoms with Crippen molar-refractivity contribution < 1.29 is 0 Å². The number of nitrogens with one attached hydrogen (secondary N) is 1. The Labute approximate surface area is 93.7 Å². The van der Waals surface area contributed by atoms with Crippen molar-refractivity contribution in [3.8, 4) is 0 Å². The van der Waals surface area contributed by atoms with Gasteiger partial charge in [0, 0.05) is 11.8 Å². The Hall–Kier alpha value is 0.0500. The van der Waals surface area contributed by atoms with Crippen LogP contribution in [0.25, 0.3) is 0 Å². The number of hydrogen-bond donors (Lipinski definition) is 1. The van der Waals surface area contributed by atoms with Gasteiger partial charge in [0.05, 0.1) is 0 Å². The number of hydrogen-bond acceptors (Lipinski definition) is 2. The predicted molar refractivity (Wildman–Crippen MR) is 69.1 cm³/mol. The normalized spacial score (nSPS) is 13.0. The second-order valence-electron chi connectivity index (χ2n) is 4.34. The molecule has 0 aromatic carbocycles. The van der Waals surface area contributed by atoms with Crippen LogP contribution in [0.1, 0.15) is 34.6 Å². The molecule has 0 rings (SSSR count). The van der Waals surface area contributed by atoms with E-state index in [2.05, 4.69) is 46.0 Å². The topological polar surface area (TPSA) is 12.0 Å². The summed E-state index contributed by atoms with van der Waals surface area (Å²) in [6, 6.07) is 0.550. The highest BCUT2D eigenvalue weighted by atomic mass is 32.2. The van der Waals surface area contributed by atoms with Crippen LogP contribution in [0.2, 0.25) is 0 Å². The quantitative estimate of drug-likeness (QED) is 0.654. The Bertz CT molecular complexity index is 160. The van der Waals surface area contributed by atoms with E-state index in [9.17, 15) is 0 Å². The maximum Gasteiger partial charge on any atom is 0.0343 e. The minimum atomic E-state index is 0.550. The molecule has 84 valence electrons. The molecule has 0 radical (unpaired) electrons. The average molecular weight is 215 g/mol. The van der Waals surface area contributed by atoms with Crippen LogP contribution in [0.4, 0.5) is 0 Å². The van der Waals surface area contributed by atoms with E-state index in [1.807, 2.05) is 11.8 Å². The van der Waals surface area contributed by atoms with Crippen molar-refractivity contribution in [1.82, 2.24) is 5.32 Å². The molecule has 1 unspecified atom stereocenters. The molecule has 1 atom stereocenters. The lowest BCUT2D eigenvalue weighted by Gasteiger charge is -2.14. The molecule has 0 aliphatic carbocycles. The highest BCUT2D eigenvalue weighted by molar-refractivity contribution is 7.99. The Morgan fingerprint density at radius 1 is 1.29 bits per heavy atom. The molecule has 0 amide bonds. The third-order valence-electron chi connectivity index (χ3n) is 1.75. The van der Waals surface area contributed by atoms with Crippen molar-refractivity contribution in [2.75, 3.05) is 18.1 Å². The maximum absolute atomic E-state index is 3.49. The van der Waals surface area contributed by atoms with Gasteiger partial charge in [-0.05, 0) is 32.1 Å². The van der Waals surface area contributed by atoms with Gasteiger partial charge < -0.3 is 5.32 Å². The summed E-state index contributed by atoms with van der Waals surface area (Å²) >= 11 is 2.04. The zero-order valence-corrected chi connectivity index (χ0v) is 11.1. The van der Waals surface area contributed by atoms with Crippen LogP contribution < -0.4 is 5.32 Å². The standard InChI is InChI=1S/C12H25NS/c1-6-13-12(7-10(2)3)9-14-8-11(4)5/h7,11-13H,6,8-9H2,1-5H3. The monoisotopic (exact) mass is 215 g/mol. The summed E-state index contributed by atoms with van der Waals surface area (Å²) in [7, 11) is 0. The number of rotatable bonds is 7. The first-order valence-corrected chi connectivity index (χ1v) is 6.67. The third-order valence-corrected chi connectivity index (χ3v) is 3.25. The molecule has 1 N–H and O–H groups in total. The number of likely N-dealkylation sites (N-methyl/N-ethyl adjacent to an activating group) is 1. The first-order chi connectivity index (χ1) is 6.56.